The minimum absolute atomic E-state index is 0.670. The zero-order valence-corrected chi connectivity index (χ0v) is 10.2. The number of nitrogens with one attached hydrogen (secondary N) is 1. The first-order valence-electron chi connectivity index (χ1n) is 5.57. The van der Waals surface area contributed by atoms with Gasteiger partial charge in [0.2, 0.25) is 0 Å². The number of halogens is 1. The van der Waals surface area contributed by atoms with Crippen LogP contribution in [-0.4, -0.2) is 15.4 Å². The Kier molecular flexibility index (Phi) is 2.82. The van der Waals surface area contributed by atoms with Gasteiger partial charge in [0, 0.05) is 11.1 Å². The van der Waals surface area contributed by atoms with Crippen molar-refractivity contribution in [1.29, 1.82) is 0 Å². The summed E-state index contributed by atoms with van der Waals surface area (Å²) in [5.74, 6) is 0. The molecule has 3 nitrogen and oxygen atoms in total. The largest absolute Gasteiger partial charge is 0.197 e. The SMILES string of the molecule is Clc1ccccc1-c1n[nH]nc1-c1ccccc1. The van der Waals surface area contributed by atoms with Gasteiger partial charge in [0.05, 0.1) is 5.02 Å². The molecule has 0 saturated carbocycles. The Labute approximate surface area is 109 Å². The smallest absolute Gasteiger partial charge is 0.122 e. The summed E-state index contributed by atoms with van der Waals surface area (Å²) < 4.78 is 0. The fourth-order valence-electron chi connectivity index (χ4n) is 1.87. The maximum atomic E-state index is 6.19. The van der Waals surface area contributed by atoms with Crippen LogP contribution in [0.1, 0.15) is 0 Å². The number of nitrogens with zero attached hydrogens (tertiary/aromatic N) is 2. The molecule has 88 valence electrons. The number of benzene rings is 2. The van der Waals surface area contributed by atoms with Gasteiger partial charge in [-0.2, -0.15) is 15.4 Å². The van der Waals surface area contributed by atoms with Crippen LogP contribution < -0.4 is 0 Å². The molecule has 2 aromatic carbocycles. The van der Waals surface area contributed by atoms with E-state index < -0.39 is 0 Å². The molecule has 4 heteroatoms. The Morgan fingerprint density at radius 1 is 0.778 bits per heavy atom. The summed E-state index contributed by atoms with van der Waals surface area (Å²) in [6.07, 6.45) is 0. The van der Waals surface area contributed by atoms with Crippen molar-refractivity contribution in [3.63, 3.8) is 0 Å². The van der Waals surface area contributed by atoms with Gasteiger partial charge in [-0.05, 0) is 6.07 Å². The van der Waals surface area contributed by atoms with Crippen molar-refractivity contribution in [2.75, 3.05) is 0 Å². The van der Waals surface area contributed by atoms with E-state index in [9.17, 15) is 0 Å². The molecule has 0 fully saturated rings. The van der Waals surface area contributed by atoms with E-state index in [0.29, 0.717) is 5.02 Å². The fraction of sp³-hybridized carbons (Fsp3) is 0. The van der Waals surface area contributed by atoms with Gasteiger partial charge in [0.15, 0.2) is 0 Å². The van der Waals surface area contributed by atoms with E-state index in [-0.39, 0.29) is 0 Å². The monoisotopic (exact) mass is 255 g/mol. The standard InChI is InChI=1S/C14H10ClN3/c15-12-9-5-4-8-11(12)14-13(16-18-17-14)10-6-2-1-3-7-10/h1-9H,(H,16,17,18). The van der Waals surface area contributed by atoms with Gasteiger partial charge in [-0.25, -0.2) is 0 Å². The molecule has 0 aliphatic rings. The Balaban J connectivity index is 2.16. The van der Waals surface area contributed by atoms with E-state index in [1.165, 1.54) is 0 Å². The number of hydrogen-bond acceptors (Lipinski definition) is 2. The normalized spacial score (nSPS) is 10.5. The Morgan fingerprint density at radius 2 is 1.44 bits per heavy atom. The zero-order valence-electron chi connectivity index (χ0n) is 9.47. The van der Waals surface area contributed by atoms with Crippen molar-refractivity contribution in [2.45, 2.75) is 0 Å². The van der Waals surface area contributed by atoms with Gasteiger partial charge in [-0.15, -0.1) is 0 Å². The highest BCUT2D eigenvalue weighted by Crippen LogP contribution is 2.32. The van der Waals surface area contributed by atoms with Gasteiger partial charge in [0.25, 0.3) is 0 Å². The zero-order chi connectivity index (χ0) is 12.4. The van der Waals surface area contributed by atoms with Gasteiger partial charge >= 0.3 is 0 Å². The van der Waals surface area contributed by atoms with Crippen molar-refractivity contribution in [2.24, 2.45) is 0 Å². The molecule has 1 N–H and O–H groups in total. The lowest BCUT2D eigenvalue weighted by molar-refractivity contribution is 0.944. The maximum Gasteiger partial charge on any atom is 0.122 e. The minimum Gasteiger partial charge on any atom is -0.197 e. The second kappa shape index (κ2) is 4.63. The van der Waals surface area contributed by atoms with Gasteiger partial charge in [-0.1, -0.05) is 60.1 Å². The van der Waals surface area contributed by atoms with E-state index in [2.05, 4.69) is 15.4 Å². The van der Waals surface area contributed by atoms with Crippen molar-refractivity contribution in [1.82, 2.24) is 15.4 Å². The molecule has 0 saturated heterocycles. The first-order valence-corrected chi connectivity index (χ1v) is 5.95. The van der Waals surface area contributed by atoms with Crippen LogP contribution in [0, 0.1) is 0 Å². The van der Waals surface area contributed by atoms with Crippen LogP contribution in [0.15, 0.2) is 54.6 Å². The predicted molar refractivity (Wildman–Crippen MR) is 72.3 cm³/mol. The first-order chi connectivity index (χ1) is 8.86. The molecule has 0 spiro atoms. The highest BCUT2D eigenvalue weighted by molar-refractivity contribution is 6.33. The summed E-state index contributed by atoms with van der Waals surface area (Å²) in [6.45, 7) is 0. The third-order valence-corrected chi connectivity index (χ3v) is 3.05. The highest BCUT2D eigenvalue weighted by atomic mass is 35.5. The minimum atomic E-state index is 0.670. The Morgan fingerprint density at radius 3 is 2.22 bits per heavy atom. The van der Waals surface area contributed by atoms with Crippen LogP contribution in [0.5, 0.6) is 0 Å². The number of rotatable bonds is 2. The lowest BCUT2D eigenvalue weighted by Gasteiger charge is -2.02. The molecule has 1 heterocycles. The van der Waals surface area contributed by atoms with Crippen molar-refractivity contribution in [3.05, 3.63) is 59.6 Å². The van der Waals surface area contributed by atoms with E-state index in [0.717, 1.165) is 22.5 Å². The lowest BCUT2D eigenvalue weighted by Crippen LogP contribution is -1.84. The Hall–Kier alpha value is -2.13. The summed E-state index contributed by atoms with van der Waals surface area (Å²) in [5.41, 5.74) is 3.48. The van der Waals surface area contributed by atoms with Gasteiger partial charge in [0.1, 0.15) is 11.4 Å². The first kappa shape index (κ1) is 11.0. The number of hydrogen-bond donors (Lipinski definition) is 1. The second-order valence-corrected chi connectivity index (χ2v) is 4.27. The summed E-state index contributed by atoms with van der Waals surface area (Å²) in [6, 6.07) is 17.5. The van der Waals surface area contributed by atoms with Crippen LogP contribution in [0.25, 0.3) is 22.5 Å². The van der Waals surface area contributed by atoms with E-state index in [1.54, 1.807) is 0 Å². The Bertz CT molecular complexity index is 662. The fourth-order valence-corrected chi connectivity index (χ4v) is 2.09. The maximum absolute atomic E-state index is 6.19. The third kappa shape index (κ3) is 1.89. The molecule has 18 heavy (non-hydrogen) atoms. The molecule has 0 unspecified atom stereocenters. The molecule has 0 aliphatic heterocycles. The van der Waals surface area contributed by atoms with Crippen LogP contribution in [0.2, 0.25) is 5.02 Å². The van der Waals surface area contributed by atoms with Gasteiger partial charge < -0.3 is 0 Å². The van der Waals surface area contributed by atoms with Crippen LogP contribution in [-0.2, 0) is 0 Å². The predicted octanol–water partition coefficient (Wildman–Crippen LogP) is 3.79. The van der Waals surface area contributed by atoms with Gasteiger partial charge in [-0.3, -0.25) is 0 Å². The van der Waals surface area contributed by atoms with Crippen molar-refractivity contribution < 1.29 is 0 Å². The van der Waals surface area contributed by atoms with E-state index >= 15 is 0 Å². The number of aromatic nitrogens is 3. The van der Waals surface area contributed by atoms with Crippen LogP contribution >= 0.6 is 11.6 Å². The molecular formula is C14H10ClN3. The van der Waals surface area contributed by atoms with Crippen LogP contribution in [0.4, 0.5) is 0 Å². The van der Waals surface area contributed by atoms with Crippen LogP contribution in [0.3, 0.4) is 0 Å². The highest BCUT2D eigenvalue weighted by Gasteiger charge is 2.14. The molecule has 0 aliphatic carbocycles. The summed E-state index contributed by atoms with van der Waals surface area (Å²) in [7, 11) is 0. The molecule has 0 radical (unpaired) electrons. The average Bonchev–Trinajstić information content (AvgIpc) is 2.89. The van der Waals surface area contributed by atoms with E-state index in [4.69, 9.17) is 11.6 Å². The van der Waals surface area contributed by atoms with Crippen molar-refractivity contribution in [3.8, 4) is 22.5 Å². The van der Waals surface area contributed by atoms with Crippen molar-refractivity contribution >= 4 is 11.6 Å². The molecule has 1 aromatic heterocycles. The quantitative estimate of drug-likeness (QED) is 0.757. The molecule has 0 bridgehead atoms. The number of aromatic amines is 1. The topological polar surface area (TPSA) is 41.6 Å². The molecule has 0 atom stereocenters. The number of H-pyrrole nitrogens is 1. The molecule has 0 amide bonds. The lowest BCUT2D eigenvalue weighted by atomic mass is 10.1. The molecular weight excluding hydrogens is 246 g/mol. The second-order valence-electron chi connectivity index (χ2n) is 3.87. The average molecular weight is 256 g/mol. The third-order valence-electron chi connectivity index (χ3n) is 2.72. The summed E-state index contributed by atoms with van der Waals surface area (Å²) in [4.78, 5) is 0. The summed E-state index contributed by atoms with van der Waals surface area (Å²) in [5, 5.41) is 11.7. The molecule has 3 aromatic rings. The summed E-state index contributed by atoms with van der Waals surface area (Å²) >= 11 is 6.19. The van der Waals surface area contributed by atoms with E-state index in [1.807, 2.05) is 54.6 Å². The molecule has 3 rings (SSSR count).